The lowest BCUT2D eigenvalue weighted by Gasteiger charge is -2.04. The van der Waals surface area contributed by atoms with E-state index in [1.54, 1.807) is 17.4 Å². The van der Waals surface area contributed by atoms with E-state index in [0.717, 1.165) is 4.88 Å². The fraction of sp³-hybridized carbons (Fsp3) is 0. The summed E-state index contributed by atoms with van der Waals surface area (Å²) >= 11 is 1.57. The monoisotopic (exact) mass is 323 g/mol. The zero-order valence-electron chi connectivity index (χ0n) is 12.0. The van der Waals surface area contributed by atoms with E-state index in [0.29, 0.717) is 11.4 Å². The number of rotatable bonds is 5. The Bertz CT molecular complexity index is 784. The van der Waals surface area contributed by atoms with Crippen LogP contribution in [0.1, 0.15) is 4.88 Å². The third-order valence-corrected chi connectivity index (χ3v) is 3.63. The largest absolute Gasteiger partial charge is 0.424 e. The Hall–Kier alpha value is -2.99. The summed E-state index contributed by atoms with van der Waals surface area (Å²) in [6.07, 6.45) is 6.23. The molecule has 5 nitrogen and oxygen atoms in total. The predicted molar refractivity (Wildman–Crippen MR) is 90.5 cm³/mol. The van der Waals surface area contributed by atoms with Gasteiger partial charge in [-0.25, -0.2) is 9.97 Å². The molecular formula is C17H13N3O2S. The normalized spacial score (nSPS) is 10.6. The van der Waals surface area contributed by atoms with Crippen LogP contribution in [-0.4, -0.2) is 15.9 Å². The molecular weight excluding hydrogens is 310 g/mol. The number of thiophene rings is 1. The molecule has 3 rings (SSSR count). The van der Waals surface area contributed by atoms with Crippen LogP contribution < -0.4 is 10.1 Å². The van der Waals surface area contributed by atoms with Crippen LogP contribution in [0.25, 0.3) is 6.08 Å². The van der Waals surface area contributed by atoms with E-state index in [4.69, 9.17) is 4.74 Å². The number of nitrogens with one attached hydrogen (secondary N) is 1. The molecule has 0 bridgehead atoms. The minimum atomic E-state index is -0.237. The van der Waals surface area contributed by atoms with Gasteiger partial charge < -0.3 is 10.1 Å². The van der Waals surface area contributed by atoms with E-state index in [-0.39, 0.29) is 11.9 Å². The van der Waals surface area contributed by atoms with Crippen molar-refractivity contribution in [1.29, 1.82) is 0 Å². The summed E-state index contributed by atoms with van der Waals surface area (Å²) in [5.74, 6) is 0.418. The van der Waals surface area contributed by atoms with Crippen molar-refractivity contribution < 1.29 is 9.53 Å². The molecule has 0 saturated heterocycles. The molecule has 6 heteroatoms. The summed E-state index contributed by atoms with van der Waals surface area (Å²) in [6.45, 7) is 0. The summed E-state index contributed by atoms with van der Waals surface area (Å²) in [5, 5.41) is 4.65. The van der Waals surface area contributed by atoms with Crippen LogP contribution in [-0.2, 0) is 4.79 Å². The second-order valence-electron chi connectivity index (χ2n) is 4.51. The van der Waals surface area contributed by atoms with Gasteiger partial charge in [-0.3, -0.25) is 4.79 Å². The fourth-order valence-corrected chi connectivity index (χ4v) is 2.37. The second kappa shape index (κ2) is 7.33. The Kier molecular flexibility index (Phi) is 4.76. The first kappa shape index (κ1) is 14.9. The third-order valence-electron chi connectivity index (χ3n) is 2.79. The van der Waals surface area contributed by atoms with Gasteiger partial charge in [0.15, 0.2) is 0 Å². The SMILES string of the molecule is O=C(/C=C/c1cccs1)Nc1cnc(Oc2ccccc2)nc1. The van der Waals surface area contributed by atoms with E-state index < -0.39 is 0 Å². The number of aromatic nitrogens is 2. The molecule has 114 valence electrons. The lowest BCUT2D eigenvalue weighted by molar-refractivity contribution is -0.111. The molecule has 0 aliphatic carbocycles. The van der Waals surface area contributed by atoms with Gasteiger partial charge in [0.2, 0.25) is 5.91 Å². The molecule has 0 atom stereocenters. The van der Waals surface area contributed by atoms with Gasteiger partial charge in [0.1, 0.15) is 5.75 Å². The number of amides is 1. The van der Waals surface area contributed by atoms with Crippen LogP contribution in [0.2, 0.25) is 0 Å². The topological polar surface area (TPSA) is 64.1 Å². The summed E-state index contributed by atoms with van der Waals surface area (Å²) in [5.41, 5.74) is 0.506. The van der Waals surface area contributed by atoms with Gasteiger partial charge in [-0.2, -0.15) is 0 Å². The lowest BCUT2D eigenvalue weighted by Crippen LogP contribution is -2.08. The van der Waals surface area contributed by atoms with Gasteiger partial charge in [0, 0.05) is 11.0 Å². The molecule has 1 amide bonds. The fourth-order valence-electron chi connectivity index (χ4n) is 1.76. The van der Waals surface area contributed by atoms with Crippen LogP contribution in [0.15, 0.2) is 66.3 Å². The van der Waals surface area contributed by atoms with Crippen LogP contribution in [0.3, 0.4) is 0 Å². The van der Waals surface area contributed by atoms with E-state index in [1.807, 2.05) is 47.8 Å². The van der Waals surface area contributed by atoms with Gasteiger partial charge in [-0.1, -0.05) is 24.3 Å². The van der Waals surface area contributed by atoms with Gasteiger partial charge in [-0.05, 0) is 29.7 Å². The molecule has 0 aliphatic rings. The number of carbonyl (C=O) groups is 1. The highest BCUT2D eigenvalue weighted by atomic mass is 32.1. The minimum Gasteiger partial charge on any atom is -0.424 e. The quantitative estimate of drug-likeness (QED) is 0.721. The molecule has 0 fully saturated rings. The standard InChI is InChI=1S/C17H13N3O2S/c21-16(9-8-15-7-4-10-23-15)20-13-11-18-17(19-12-13)22-14-5-2-1-3-6-14/h1-12H,(H,20,21)/b9-8+. The van der Waals surface area contributed by atoms with E-state index in [2.05, 4.69) is 15.3 Å². The van der Waals surface area contributed by atoms with Gasteiger partial charge >= 0.3 is 6.01 Å². The smallest absolute Gasteiger partial charge is 0.322 e. The summed E-state index contributed by atoms with van der Waals surface area (Å²) in [7, 11) is 0. The molecule has 0 aliphatic heterocycles. The average molecular weight is 323 g/mol. The summed E-state index contributed by atoms with van der Waals surface area (Å²) in [4.78, 5) is 21.0. The maximum Gasteiger partial charge on any atom is 0.322 e. The Morgan fingerprint density at radius 1 is 1.09 bits per heavy atom. The highest BCUT2D eigenvalue weighted by Crippen LogP contribution is 2.17. The first-order chi connectivity index (χ1) is 11.3. The van der Waals surface area contributed by atoms with Crippen molar-refractivity contribution in [2.75, 3.05) is 5.32 Å². The summed E-state index contributed by atoms with van der Waals surface area (Å²) < 4.78 is 5.49. The first-order valence-corrected chi connectivity index (χ1v) is 7.75. The van der Waals surface area contributed by atoms with Gasteiger partial charge in [0.05, 0.1) is 18.1 Å². The third kappa shape index (κ3) is 4.49. The average Bonchev–Trinajstić information content (AvgIpc) is 3.09. The number of anilines is 1. The number of para-hydroxylation sites is 1. The highest BCUT2D eigenvalue weighted by Gasteiger charge is 2.02. The molecule has 2 heterocycles. The minimum absolute atomic E-state index is 0.225. The number of carbonyl (C=O) groups excluding carboxylic acids is 1. The predicted octanol–water partition coefficient (Wildman–Crippen LogP) is 3.98. The van der Waals surface area contributed by atoms with E-state index >= 15 is 0 Å². The molecule has 1 N–H and O–H groups in total. The molecule has 0 spiro atoms. The number of hydrogen-bond donors (Lipinski definition) is 1. The van der Waals surface area contributed by atoms with Crippen LogP contribution >= 0.6 is 11.3 Å². The molecule has 0 saturated carbocycles. The zero-order chi connectivity index (χ0) is 15.9. The number of ether oxygens (including phenoxy) is 1. The zero-order valence-corrected chi connectivity index (χ0v) is 12.9. The van der Waals surface area contributed by atoms with Gasteiger partial charge in [0.25, 0.3) is 0 Å². The van der Waals surface area contributed by atoms with Crippen LogP contribution in [0.4, 0.5) is 5.69 Å². The van der Waals surface area contributed by atoms with Crippen molar-refractivity contribution in [2.24, 2.45) is 0 Å². The Balaban J connectivity index is 1.58. The molecule has 1 aromatic carbocycles. The molecule has 3 aromatic rings. The molecule has 0 unspecified atom stereocenters. The molecule has 0 radical (unpaired) electrons. The first-order valence-electron chi connectivity index (χ1n) is 6.87. The van der Waals surface area contributed by atoms with E-state index in [9.17, 15) is 4.79 Å². The lowest BCUT2D eigenvalue weighted by atomic mass is 10.3. The van der Waals surface area contributed by atoms with Crippen molar-refractivity contribution in [3.8, 4) is 11.8 Å². The van der Waals surface area contributed by atoms with Crippen molar-refractivity contribution in [2.45, 2.75) is 0 Å². The van der Waals surface area contributed by atoms with Gasteiger partial charge in [-0.15, -0.1) is 11.3 Å². The highest BCUT2D eigenvalue weighted by molar-refractivity contribution is 7.10. The number of nitrogens with zero attached hydrogens (tertiary/aromatic N) is 2. The molecule has 2 aromatic heterocycles. The van der Waals surface area contributed by atoms with Crippen LogP contribution in [0.5, 0.6) is 11.8 Å². The molecule has 23 heavy (non-hydrogen) atoms. The number of benzene rings is 1. The van der Waals surface area contributed by atoms with Crippen molar-refractivity contribution in [3.05, 3.63) is 71.2 Å². The Morgan fingerprint density at radius 3 is 2.57 bits per heavy atom. The summed E-state index contributed by atoms with van der Waals surface area (Å²) in [6, 6.07) is 13.4. The second-order valence-corrected chi connectivity index (χ2v) is 5.49. The van der Waals surface area contributed by atoms with Crippen LogP contribution in [0, 0.1) is 0 Å². The van der Waals surface area contributed by atoms with Crippen molar-refractivity contribution >= 4 is 29.0 Å². The Labute approximate surface area is 137 Å². The number of hydrogen-bond acceptors (Lipinski definition) is 5. The Morgan fingerprint density at radius 2 is 1.87 bits per heavy atom. The van der Waals surface area contributed by atoms with E-state index in [1.165, 1.54) is 18.5 Å². The van der Waals surface area contributed by atoms with Crippen molar-refractivity contribution in [3.63, 3.8) is 0 Å². The maximum atomic E-state index is 11.8. The van der Waals surface area contributed by atoms with Crippen molar-refractivity contribution in [1.82, 2.24) is 9.97 Å². The maximum absolute atomic E-state index is 11.8.